The van der Waals surface area contributed by atoms with Gasteiger partial charge in [-0.3, -0.25) is 14.5 Å². The first-order valence-corrected chi connectivity index (χ1v) is 4.77. The molecule has 0 aliphatic carbocycles. The van der Waals surface area contributed by atoms with E-state index in [9.17, 15) is 4.79 Å². The highest BCUT2D eigenvalue weighted by Crippen LogP contribution is 2.15. The molecule has 4 nitrogen and oxygen atoms in total. The van der Waals surface area contributed by atoms with E-state index in [1.54, 1.807) is 18.5 Å². The molecule has 0 bridgehead atoms. The average molecular weight is 201 g/mol. The summed E-state index contributed by atoms with van der Waals surface area (Å²) >= 11 is 0. The van der Waals surface area contributed by atoms with Crippen LogP contribution in [0.3, 0.4) is 0 Å². The second-order valence-electron chi connectivity index (χ2n) is 3.18. The van der Waals surface area contributed by atoms with Gasteiger partial charge in [0.05, 0.1) is 11.9 Å². The Morgan fingerprint density at radius 1 is 1.40 bits per heavy atom. The maximum atomic E-state index is 10.4. The average Bonchev–Trinajstić information content (AvgIpc) is 2.78. The van der Waals surface area contributed by atoms with Crippen LogP contribution in [0.25, 0.3) is 11.3 Å². The molecule has 0 spiro atoms. The molecule has 0 saturated carbocycles. The van der Waals surface area contributed by atoms with Crippen LogP contribution in [0.1, 0.15) is 17.3 Å². The zero-order chi connectivity index (χ0) is 10.7. The summed E-state index contributed by atoms with van der Waals surface area (Å²) in [6.07, 6.45) is 6.05. The number of aromatic nitrogens is 3. The standard InChI is InChI=1S/C11H11N3O/c1-2-14-7-10(6-13-14)11-4-3-9(8-15)5-12-11/h3-8H,2H2,1H3. The van der Waals surface area contributed by atoms with E-state index in [0.29, 0.717) is 5.56 Å². The SMILES string of the molecule is CCn1cc(-c2ccc(C=O)cn2)cn1. The molecule has 0 aliphatic rings. The summed E-state index contributed by atoms with van der Waals surface area (Å²) in [5, 5.41) is 4.16. The number of carbonyl (C=O) groups is 1. The van der Waals surface area contributed by atoms with Crippen LogP contribution < -0.4 is 0 Å². The molecule has 0 aromatic carbocycles. The van der Waals surface area contributed by atoms with Crippen molar-refractivity contribution in [3.8, 4) is 11.3 Å². The number of hydrogen-bond donors (Lipinski definition) is 0. The van der Waals surface area contributed by atoms with E-state index >= 15 is 0 Å². The van der Waals surface area contributed by atoms with Crippen LogP contribution in [-0.4, -0.2) is 21.1 Å². The minimum atomic E-state index is 0.585. The van der Waals surface area contributed by atoms with Gasteiger partial charge in [0.1, 0.15) is 0 Å². The fraction of sp³-hybridized carbons (Fsp3) is 0.182. The van der Waals surface area contributed by atoms with Crippen molar-refractivity contribution in [2.24, 2.45) is 0 Å². The molecule has 4 heteroatoms. The van der Waals surface area contributed by atoms with Crippen LogP contribution >= 0.6 is 0 Å². The number of nitrogens with zero attached hydrogens (tertiary/aromatic N) is 3. The molecule has 0 amide bonds. The predicted molar refractivity (Wildman–Crippen MR) is 56.5 cm³/mol. The molecule has 2 heterocycles. The Morgan fingerprint density at radius 3 is 2.80 bits per heavy atom. The van der Waals surface area contributed by atoms with Gasteiger partial charge in [-0.15, -0.1) is 0 Å². The summed E-state index contributed by atoms with van der Waals surface area (Å²) in [5.41, 5.74) is 2.39. The fourth-order valence-corrected chi connectivity index (χ4v) is 1.31. The molecule has 0 atom stereocenters. The van der Waals surface area contributed by atoms with Crippen molar-refractivity contribution >= 4 is 6.29 Å². The highest BCUT2D eigenvalue weighted by atomic mass is 16.1. The molecule has 0 radical (unpaired) electrons. The zero-order valence-corrected chi connectivity index (χ0v) is 8.42. The Kier molecular flexibility index (Phi) is 2.58. The topological polar surface area (TPSA) is 47.8 Å². The smallest absolute Gasteiger partial charge is 0.151 e. The highest BCUT2D eigenvalue weighted by Gasteiger charge is 2.01. The summed E-state index contributed by atoms with van der Waals surface area (Å²) < 4.78 is 1.84. The Labute approximate surface area is 87.6 Å². The van der Waals surface area contributed by atoms with E-state index in [1.165, 1.54) is 0 Å². The monoisotopic (exact) mass is 201 g/mol. The van der Waals surface area contributed by atoms with Gasteiger partial charge in [0, 0.05) is 30.1 Å². The highest BCUT2D eigenvalue weighted by molar-refractivity contribution is 5.75. The van der Waals surface area contributed by atoms with Crippen LogP contribution in [0.15, 0.2) is 30.7 Å². The van der Waals surface area contributed by atoms with Crippen LogP contribution in [0, 0.1) is 0 Å². The molecular weight excluding hydrogens is 190 g/mol. The van der Waals surface area contributed by atoms with Crippen molar-refractivity contribution in [3.05, 3.63) is 36.3 Å². The minimum absolute atomic E-state index is 0.585. The quantitative estimate of drug-likeness (QED) is 0.711. The Hall–Kier alpha value is -1.97. The molecular formula is C11H11N3O. The second kappa shape index (κ2) is 4.04. The number of rotatable bonds is 3. The second-order valence-corrected chi connectivity index (χ2v) is 3.18. The first kappa shape index (κ1) is 9.58. The molecule has 0 unspecified atom stereocenters. The molecule has 2 aromatic heterocycles. The van der Waals surface area contributed by atoms with Gasteiger partial charge in [-0.25, -0.2) is 0 Å². The van der Waals surface area contributed by atoms with E-state index < -0.39 is 0 Å². The van der Waals surface area contributed by atoms with Crippen molar-refractivity contribution in [3.63, 3.8) is 0 Å². The Bertz CT molecular complexity index is 459. The van der Waals surface area contributed by atoms with Gasteiger partial charge in [-0.2, -0.15) is 5.10 Å². The van der Waals surface area contributed by atoms with Gasteiger partial charge >= 0.3 is 0 Å². The molecule has 15 heavy (non-hydrogen) atoms. The maximum Gasteiger partial charge on any atom is 0.151 e. The van der Waals surface area contributed by atoms with Crippen LogP contribution in [0.4, 0.5) is 0 Å². The molecule has 0 aliphatic heterocycles. The van der Waals surface area contributed by atoms with Crippen LogP contribution in [0.2, 0.25) is 0 Å². The molecule has 0 saturated heterocycles. The maximum absolute atomic E-state index is 10.4. The third kappa shape index (κ3) is 1.93. The minimum Gasteiger partial charge on any atom is -0.298 e. The van der Waals surface area contributed by atoms with Gasteiger partial charge in [-0.1, -0.05) is 0 Å². The van der Waals surface area contributed by atoms with E-state index in [2.05, 4.69) is 10.1 Å². The number of carbonyl (C=O) groups excluding carboxylic acids is 1. The summed E-state index contributed by atoms with van der Waals surface area (Å²) in [4.78, 5) is 14.6. The lowest BCUT2D eigenvalue weighted by Gasteiger charge is -1.95. The van der Waals surface area contributed by atoms with Crippen molar-refractivity contribution < 1.29 is 4.79 Å². The van der Waals surface area contributed by atoms with Gasteiger partial charge in [0.25, 0.3) is 0 Å². The van der Waals surface area contributed by atoms with E-state index in [4.69, 9.17) is 0 Å². The summed E-state index contributed by atoms with van der Waals surface area (Å²) in [7, 11) is 0. The lowest BCUT2D eigenvalue weighted by atomic mass is 10.2. The zero-order valence-electron chi connectivity index (χ0n) is 8.42. The van der Waals surface area contributed by atoms with Gasteiger partial charge in [0.2, 0.25) is 0 Å². The molecule has 76 valence electrons. The van der Waals surface area contributed by atoms with Crippen LogP contribution in [-0.2, 0) is 6.54 Å². The van der Waals surface area contributed by atoms with Crippen molar-refractivity contribution in [1.82, 2.24) is 14.8 Å². The summed E-state index contributed by atoms with van der Waals surface area (Å²) in [5.74, 6) is 0. The van der Waals surface area contributed by atoms with Crippen molar-refractivity contribution in [2.75, 3.05) is 0 Å². The third-order valence-electron chi connectivity index (χ3n) is 2.18. The van der Waals surface area contributed by atoms with Gasteiger partial charge in [-0.05, 0) is 19.1 Å². The van der Waals surface area contributed by atoms with E-state index in [1.807, 2.05) is 23.9 Å². The lowest BCUT2D eigenvalue weighted by molar-refractivity contribution is 0.112. The summed E-state index contributed by atoms with van der Waals surface area (Å²) in [6.45, 7) is 2.87. The van der Waals surface area contributed by atoms with Gasteiger partial charge < -0.3 is 0 Å². The number of pyridine rings is 1. The Balaban J connectivity index is 2.32. The largest absolute Gasteiger partial charge is 0.298 e. The van der Waals surface area contributed by atoms with Gasteiger partial charge in [0.15, 0.2) is 6.29 Å². The first-order chi connectivity index (χ1) is 7.33. The lowest BCUT2D eigenvalue weighted by Crippen LogP contribution is -1.92. The van der Waals surface area contributed by atoms with Crippen molar-refractivity contribution in [2.45, 2.75) is 13.5 Å². The number of aldehydes is 1. The molecule has 2 aromatic rings. The van der Waals surface area contributed by atoms with Crippen molar-refractivity contribution in [1.29, 1.82) is 0 Å². The number of hydrogen-bond acceptors (Lipinski definition) is 3. The van der Waals surface area contributed by atoms with E-state index in [-0.39, 0.29) is 0 Å². The van der Waals surface area contributed by atoms with E-state index in [0.717, 1.165) is 24.1 Å². The summed E-state index contributed by atoms with van der Waals surface area (Å²) in [6, 6.07) is 3.57. The fourth-order valence-electron chi connectivity index (χ4n) is 1.31. The first-order valence-electron chi connectivity index (χ1n) is 4.77. The number of aryl methyl sites for hydroxylation is 1. The molecule has 2 rings (SSSR count). The third-order valence-corrected chi connectivity index (χ3v) is 2.18. The normalized spacial score (nSPS) is 10.2. The van der Waals surface area contributed by atoms with Crippen LogP contribution in [0.5, 0.6) is 0 Å². The predicted octanol–water partition coefficient (Wildman–Crippen LogP) is 1.78. The Morgan fingerprint density at radius 2 is 2.27 bits per heavy atom. The molecule has 0 N–H and O–H groups in total. The molecule has 0 fully saturated rings.